The molecule has 1 aliphatic rings. The van der Waals surface area contributed by atoms with Crippen molar-refractivity contribution >= 4 is 0 Å². The van der Waals surface area contributed by atoms with Gasteiger partial charge in [0.15, 0.2) is 0 Å². The predicted octanol–water partition coefficient (Wildman–Crippen LogP) is 1.98. The maximum absolute atomic E-state index is 4.04. The van der Waals surface area contributed by atoms with Gasteiger partial charge in [0.05, 0.1) is 6.20 Å². The molecule has 3 nitrogen and oxygen atoms in total. The number of nitrogens with zero attached hydrogens (tertiary/aromatic N) is 1. The van der Waals surface area contributed by atoms with Crippen LogP contribution in [0.2, 0.25) is 0 Å². The Bertz CT molecular complexity index is 491. The lowest BCUT2D eigenvalue weighted by atomic mass is 10.1. The van der Waals surface area contributed by atoms with Crippen LogP contribution in [0.5, 0.6) is 0 Å². The molecular weight excluding hydrogens is 210 g/mol. The van der Waals surface area contributed by atoms with Crippen molar-refractivity contribution in [3.63, 3.8) is 0 Å². The molecule has 1 aromatic carbocycles. The first-order chi connectivity index (χ1) is 8.33. The van der Waals surface area contributed by atoms with E-state index in [1.54, 1.807) is 0 Å². The van der Waals surface area contributed by atoms with Gasteiger partial charge in [-0.25, -0.2) is 0 Å². The summed E-state index contributed by atoms with van der Waals surface area (Å²) in [5.74, 6) is 0. The summed E-state index contributed by atoms with van der Waals surface area (Å²) in [6.45, 7) is 2.97. The molecule has 1 aromatic heterocycles. The summed E-state index contributed by atoms with van der Waals surface area (Å²) in [4.78, 5) is 0. The van der Waals surface area contributed by atoms with Gasteiger partial charge >= 0.3 is 0 Å². The van der Waals surface area contributed by atoms with E-state index in [1.807, 2.05) is 6.20 Å². The molecule has 2 aromatic rings. The fraction of sp³-hybridized carbons (Fsp3) is 0.357. The maximum Gasteiger partial charge on any atom is 0.0535 e. The van der Waals surface area contributed by atoms with Crippen LogP contribution in [0, 0.1) is 6.92 Å². The van der Waals surface area contributed by atoms with E-state index in [0.29, 0.717) is 6.04 Å². The first-order valence-electron chi connectivity index (χ1n) is 6.12. The smallest absolute Gasteiger partial charge is 0.0535 e. The molecule has 0 saturated heterocycles. The monoisotopic (exact) mass is 227 g/mol. The summed E-state index contributed by atoms with van der Waals surface area (Å²) >= 11 is 0. The number of benzene rings is 1. The molecule has 0 atom stereocenters. The summed E-state index contributed by atoms with van der Waals surface area (Å²) in [5, 5.41) is 10.6. The highest BCUT2D eigenvalue weighted by Gasteiger charge is 2.20. The maximum atomic E-state index is 4.04. The molecule has 0 unspecified atom stereocenters. The highest BCUT2D eigenvalue weighted by Crippen LogP contribution is 2.21. The first-order valence-corrected chi connectivity index (χ1v) is 6.12. The van der Waals surface area contributed by atoms with Crippen LogP contribution >= 0.6 is 0 Å². The molecule has 0 bridgehead atoms. The van der Waals surface area contributed by atoms with Crippen LogP contribution in [0.15, 0.2) is 30.5 Å². The van der Waals surface area contributed by atoms with Crippen LogP contribution in [0.4, 0.5) is 0 Å². The lowest BCUT2D eigenvalue weighted by Crippen LogP contribution is -2.29. The lowest BCUT2D eigenvalue weighted by Gasteiger charge is -2.11. The zero-order valence-corrected chi connectivity index (χ0v) is 10.0. The van der Waals surface area contributed by atoms with Crippen molar-refractivity contribution < 1.29 is 0 Å². The Morgan fingerprint density at radius 2 is 2.00 bits per heavy atom. The van der Waals surface area contributed by atoms with Crippen molar-refractivity contribution in [1.82, 2.24) is 15.5 Å². The third-order valence-electron chi connectivity index (χ3n) is 3.57. The zero-order chi connectivity index (χ0) is 11.7. The van der Waals surface area contributed by atoms with Crippen LogP contribution in [-0.2, 0) is 19.4 Å². The van der Waals surface area contributed by atoms with E-state index in [0.717, 1.165) is 25.1 Å². The molecule has 0 radical (unpaired) electrons. The summed E-state index contributed by atoms with van der Waals surface area (Å²) in [6.07, 6.45) is 4.20. The van der Waals surface area contributed by atoms with Crippen molar-refractivity contribution in [2.75, 3.05) is 0 Å². The minimum absolute atomic E-state index is 0.571. The second-order valence-electron chi connectivity index (χ2n) is 4.78. The second kappa shape index (κ2) is 4.34. The number of aromatic nitrogens is 2. The number of nitrogens with one attached hydrogen (secondary N) is 2. The van der Waals surface area contributed by atoms with Crippen molar-refractivity contribution in [2.45, 2.75) is 32.4 Å². The second-order valence-corrected chi connectivity index (χ2v) is 4.78. The Morgan fingerprint density at radius 1 is 1.29 bits per heavy atom. The van der Waals surface area contributed by atoms with Crippen molar-refractivity contribution in [3.8, 4) is 0 Å². The standard InChI is InChI=1S/C14H17N3/c1-10-13(9-16-17-10)8-15-14-6-11-4-2-3-5-12(11)7-14/h2-5,9,14-15H,6-8H2,1H3,(H,16,17). The molecular formula is C14H17N3. The van der Waals surface area contributed by atoms with Gasteiger partial charge < -0.3 is 5.32 Å². The molecule has 0 aliphatic heterocycles. The molecule has 3 rings (SSSR count). The van der Waals surface area contributed by atoms with Crippen LogP contribution < -0.4 is 5.32 Å². The normalized spacial score (nSPS) is 15.1. The van der Waals surface area contributed by atoms with E-state index in [9.17, 15) is 0 Å². The number of hydrogen-bond acceptors (Lipinski definition) is 2. The van der Waals surface area contributed by atoms with E-state index < -0.39 is 0 Å². The minimum atomic E-state index is 0.571. The van der Waals surface area contributed by atoms with Gasteiger partial charge in [-0.1, -0.05) is 24.3 Å². The number of fused-ring (bicyclic) bond motifs is 1. The zero-order valence-electron chi connectivity index (χ0n) is 10.0. The van der Waals surface area contributed by atoms with E-state index in [2.05, 4.69) is 46.7 Å². The van der Waals surface area contributed by atoms with Crippen LogP contribution in [0.3, 0.4) is 0 Å². The highest BCUT2D eigenvalue weighted by atomic mass is 15.1. The molecule has 0 fully saturated rings. The van der Waals surface area contributed by atoms with Gasteiger partial charge in [-0.05, 0) is 30.9 Å². The number of hydrogen-bond donors (Lipinski definition) is 2. The lowest BCUT2D eigenvalue weighted by molar-refractivity contribution is 0.532. The predicted molar refractivity (Wildman–Crippen MR) is 67.8 cm³/mol. The Kier molecular flexibility index (Phi) is 2.69. The van der Waals surface area contributed by atoms with E-state index in [4.69, 9.17) is 0 Å². The van der Waals surface area contributed by atoms with Gasteiger partial charge in [0.2, 0.25) is 0 Å². The average Bonchev–Trinajstić information content (AvgIpc) is 2.92. The van der Waals surface area contributed by atoms with Crippen LogP contribution in [0.1, 0.15) is 22.4 Å². The number of aromatic amines is 1. The van der Waals surface area contributed by atoms with Crippen LogP contribution in [-0.4, -0.2) is 16.2 Å². The quantitative estimate of drug-likeness (QED) is 0.841. The minimum Gasteiger partial charge on any atom is -0.309 e. The molecule has 1 aliphatic carbocycles. The molecule has 0 spiro atoms. The summed E-state index contributed by atoms with van der Waals surface area (Å²) < 4.78 is 0. The van der Waals surface area contributed by atoms with E-state index >= 15 is 0 Å². The largest absolute Gasteiger partial charge is 0.309 e. The van der Waals surface area contributed by atoms with Gasteiger partial charge in [0, 0.05) is 23.8 Å². The van der Waals surface area contributed by atoms with Crippen molar-refractivity contribution in [3.05, 3.63) is 52.8 Å². The Labute approximate surface area is 101 Å². The molecule has 17 heavy (non-hydrogen) atoms. The fourth-order valence-electron chi connectivity index (χ4n) is 2.51. The molecule has 1 heterocycles. The Balaban J connectivity index is 1.61. The third-order valence-corrected chi connectivity index (χ3v) is 3.57. The topological polar surface area (TPSA) is 40.7 Å². The van der Waals surface area contributed by atoms with E-state index in [-0.39, 0.29) is 0 Å². The Morgan fingerprint density at radius 3 is 2.59 bits per heavy atom. The van der Waals surface area contributed by atoms with Gasteiger partial charge in [-0.3, -0.25) is 5.10 Å². The fourth-order valence-corrected chi connectivity index (χ4v) is 2.51. The summed E-state index contributed by atoms with van der Waals surface area (Å²) in [7, 11) is 0. The van der Waals surface area contributed by atoms with E-state index in [1.165, 1.54) is 16.7 Å². The Hall–Kier alpha value is -1.61. The third kappa shape index (κ3) is 2.11. The van der Waals surface area contributed by atoms with Crippen molar-refractivity contribution in [2.24, 2.45) is 0 Å². The molecule has 3 heteroatoms. The number of rotatable bonds is 3. The van der Waals surface area contributed by atoms with Crippen molar-refractivity contribution in [1.29, 1.82) is 0 Å². The molecule has 0 saturated carbocycles. The average molecular weight is 227 g/mol. The summed E-state index contributed by atoms with van der Waals surface area (Å²) in [6, 6.07) is 9.30. The van der Waals surface area contributed by atoms with Crippen LogP contribution in [0.25, 0.3) is 0 Å². The number of H-pyrrole nitrogens is 1. The SMILES string of the molecule is Cc1[nH]ncc1CNC1Cc2ccccc2C1. The highest BCUT2D eigenvalue weighted by molar-refractivity contribution is 5.33. The summed E-state index contributed by atoms with van der Waals surface area (Å²) in [5.41, 5.74) is 5.41. The van der Waals surface area contributed by atoms with Gasteiger partial charge in [-0.15, -0.1) is 0 Å². The number of aryl methyl sites for hydroxylation is 1. The molecule has 88 valence electrons. The van der Waals surface area contributed by atoms with Gasteiger partial charge in [0.1, 0.15) is 0 Å². The molecule has 2 N–H and O–H groups in total. The molecule has 0 amide bonds. The van der Waals surface area contributed by atoms with Gasteiger partial charge in [0.25, 0.3) is 0 Å². The first kappa shape index (κ1) is 10.5. The van der Waals surface area contributed by atoms with Gasteiger partial charge in [-0.2, -0.15) is 5.10 Å².